The fourth-order valence-electron chi connectivity index (χ4n) is 1.47. The van der Waals surface area contributed by atoms with Crippen molar-refractivity contribution in [1.29, 1.82) is 0 Å². The molecule has 0 spiro atoms. The summed E-state index contributed by atoms with van der Waals surface area (Å²) in [6.07, 6.45) is 2.95. The number of carbonyl (C=O) groups excluding carboxylic acids is 1. The fourth-order valence-corrected chi connectivity index (χ4v) is 2.52. The van der Waals surface area contributed by atoms with Crippen molar-refractivity contribution in [3.63, 3.8) is 0 Å². The Labute approximate surface area is 106 Å². The molecule has 2 nitrogen and oxygen atoms in total. The van der Waals surface area contributed by atoms with Crippen molar-refractivity contribution in [2.24, 2.45) is 0 Å². The van der Waals surface area contributed by atoms with Crippen LogP contribution in [0.5, 0.6) is 0 Å². The predicted octanol–water partition coefficient (Wildman–Crippen LogP) is 2.82. The van der Waals surface area contributed by atoms with Gasteiger partial charge in [0.1, 0.15) is 5.60 Å². The van der Waals surface area contributed by atoms with E-state index >= 15 is 0 Å². The SMILES string of the molecule is CC(C)(O)C(=O)Cc1ccc(SC2CC2)cc1. The minimum Gasteiger partial charge on any atom is -0.383 e. The normalized spacial score (nSPS) is 15.9. The minimum absolute atomic E-state index is 0.139. The molecular weight excluding hydrogens is 232 g/mol. The van der Waals surface area contributed by atoms with Crippen LogP contribution in [0.4, 0.5) is 0 Å². The van der Waals surface area contributed by atoms with Crippen LogP contribution in [0.3, 0.4) is 0 Å². The van der Waals surface area contributed by atoms with E-state index in [0.717, 1.165) is 10.8 Å². The summed E-state index contributed by atoms with van der Waals surface area (Å²) < 4.78 is 0. The number of carbonyl (C=O) groups is 1. The molecule has 1 fully saturated rings. The summed E-state index contributed by atoms with van der Waals surface area (Å²) in [7, 11) is 0. The van der Waals surface area contributed by atoms with E-state index in [9.17, 15) is 9.90 Å². The van der Waals surface area contributed by atoms with Crippen LogP contribution >= 0.6 is 11.8 Å². The lowest BCUT2D eigenvalue weighted by Crippen LogP contribution is -2.32. The second kappa shape index (κ2) is 4.83. The van der Waals surface area contributed by atoms with Gasteiger partial charge in [-0.05, 0) is 44.4 Å². The van der Waals surface area contributed by atoms with Crippen molar-refractivity contribution >= 4 is 17.5 Å². The van der Waals surface area contributed by atoms with Crippen LogP contribution in [0.25, 0.3) is 0 Å². The fraction of sp³-hybridized carbons (Fsp3) is 0.500. The number of hydrogen-bond donors (Lipinski definition) is 1. The molecule has 0 unspecified atom stereocenters. The number of rotatable bonds is 5. The van der Waals surface area contributed by atoms with Crippen LogP contribution in [0.2, 0.25) is 0 Å². The van der Waals surface area contributed by atoms with E-state index in [0.29, 0.717) is 6.42 Å². The van der Waals surface area contributed by atoms with Crippen molar-refractivity contribution in [2.75, 3.05) is 0 Å². The van der Waals surface area contributed by atoms with Gasteiger partial charge in [-0.15, -0.1) is 11.8 Å². The van der Waals surface area contributed by atoms with Crippen LogP contribution in [-0.2, 0) is 11.2 Å². The molecule has 0 aliphatic heterocycles. The number of thioether (sulfide) groups is 1. The zero-order valence-corrected chi connectivity index (χ0v) is 11.1. The minimum atomic E-state index is -1.23. The number of Topliss-reactive ketones (excluding diaryl/α,β-unsaturated/α-hetero) is 1. The largest absolute Gasteiger partial charge is 0.383 e. The first-order valence-corrected chi connectivity index (χ1v) is 6.84. The molecule has 1 aliphatic carbocycles. The highest BCUT2D eigenvalue weighted by Crippen LogP contribution is 2.39. The molecule has 0 aromatic heterocycles. The predicted molar refractivity (Wildman–Crippen MR) is 70.3 cm³/mol. The van der Waals surface area contributed by atoms with Crippen LogP contribution in [0.1, 0.15) is 32.3 Å². The summed E-state index contributed by atoms with van der Waals surface area (Å²) in [5.41, 5.74) is -0.265. The van der Waals surface area contributed by atoms with Gasteiger partial charge in [-0.25, -0.2) is 0 Å². The Kier molecular flexibility index (Phi) is 3.59. The van der Waals surface area contributed by atoms with Crippen LogP contribution in [-0.4, -0.2) is 21.7 Å². The summed E-state index contributed by atoms with van der Waals surface area (Å²) in [6, 6.07) is 8.09. The van der Waals surface area contributed by atoms with E-state index in [-0.39, 0.29) is 5.78 Å². The second-order valence-corrected chi connectivity index (χ2v) is 6.49. The molecule has 1 aliphatic rings. The summed E-state index contributed by atoms with van der Waals surface area (Å²) in [5.74, 6) is -0.139. The van der Waals surface area contributed by atoms with E-state index in [1.165, 1.54) is 31.6 Å². The molecule has 0 heterocycles. The third-order valence-electron chi connectivity index (χ3n) is 2.80. The molecular formula is C14H18O2S. The van der Waals surface area contributed by atoms with Gasteiger partial charge < -0.3 is 5.11 Å². The van der Waals surface area contributed by atoms with Crippen molar-refractivity contribution < 1.29 is 9.90 Å². The Morgan fingerprint density at radius 1 is 1.35 bits per heavy atom. The molecule has 0 bridgehead atoms. The first-order chi connectivity index (χ1) is 7.95. The average molecular weight is 250 g/mol. The van der Waals surface area contributed by atoms with Gasteiger partial charge in [0.15, 0.2) is 5.78 Å². The van der Waals surface area contributed by atoms with E-state index in [1.54, 1.807) is 0 Å². The van der Waals surface area contributed by atoms with Crippen LogP contribution < -0.4 is 0 Å². The van der Waals surface area contributed by atoms with Gasteiger partial charge in [0, 0.05) is 16.6 Å². The number of aliphatic hydroxyl groups is 1. The Bertz CT molecular complexity index is 399. The van der Waals surface area contributed by atoms with Gasteiger partial charge in [-0.3, -0.25) is 4.79 Å². The standard InChI is InChI=1S/C14H18O2S/c1-14(2,16)13(15)9-10-3-5-11(6-4-10)17-12-7-8-12/h3-6,12,16H,7-9H2,1-2H3. The van der Waals surface area contributed by atoms with Gasteiger partial charge in [0.05, 0.1) is 0 Å². The third kappa shape index (κ3) is 3.86. The van der Waals surface area contributed by atoms with E-state index < -0.39 is 5.60 Å². The van der Waals surface area contributed by atoms with Gasteiger partial charge >= 0.3 is 0 Å². The smallest absolute Gasteiger partial charge is 0.168 e. The molecule has 1 aromatic carbocycles. The van der Waals surface area contributed by atoms with Gasteiger partial charge in [-0.2, -0.15) is 0 Å². The molecule has 1 N–H and O–H groups in total. The maximum absolute atomic E-state index is 11.7. The molecule has 17 heavy (non-hydrogen) atoms. The van der Waals surface area contributed by atoms with Crippen molar-refractivity contribution in [1.82, 2.24) is 0 Å². The Balaban J connectivity index is 1.95. The van der Waals surface area contributed by atoms with E-state index in [2.05, 4.69) is 12.1 Å². The quantitative estimate of drug-likeness (QED) is 0.873. The second-order valence-electron chi connectivity index (χ2n) is 5.12. The molecule has 2 rings (SSSR count). The molecule has 3 heteroatoms. The van der Waals surface area contributed by atoms with Gasteiger partial charge in [0.2, 0.25) is 0 Å². The molecule has 92 valence electrons. The number of ketones is 1. The number of benzene rings is 1. The van der Waals surface area contributed by atoms with Crippen LogP contribution in [0.15, 0.2) is 29.2 Å². The van der Waals surface area contributed by atoms with E-state index in [4.69, 9.17) is 0 Å². The molecule has 0 radical (unpaired) electrons. The third-order valence-corrected chi connectivity index (χ3v) is 4.15. The summed E-state index contributed by atoms with van der Waals surface area (Å²) in [6.45, 7) is 3.07. The Morgan fingerprint density at radius 2 is 1.94 bits per heavy atom. The summed E-state index contributed by atoms with van der Waals surface area (Å²) >= 11 is 1.91. The Morgan fingerprint density at radius 3 is 2.41 bits per heavy atom. The monoisotopic (exact) mass is 250 g/mol. The highest BCUT2D eigenvalue weighted by molar-refractivity contribution is 8.00. The molecule has 0 atom stereocenters. The Hall–Kier alpha value is -0.800. The number of hydrogen-bond acceptors (Lipinski definition) is 3. The average Bonchev–Trinajstić information content (AvgIpc) is 3.03. The maximum Gasteiger partial charge on any atom is 0.168 e. The molecule has 1 saturated carbocycles. The highest BCUT2D eigenvalue weighted by atomic mass is 32.2. The first kappa shape index (κ1) is 12.7. The zero-order chi connectivity index (χ0) is 12.5. The summed E-state index contributed by atoms with van der Waals surface area (Å²) in [4.78, 5) is 12.9. The topological polar surface area (TPSA) is 37.3 Å². The molecule has 0 saturated heterocycles. The maximum atomic E-state index is 11.7. The van der Waals surface area contributed by atoms with E-state index in [1.807, 2.05) is 23.9 Å². The molecule has 0 amide bonds. The van der Waals surface area contributed by atoms with Crippen molar-refractivity contribution in [2.45, 2.75) is 48.9 Å². The lowest BCUT2D eigenvalue weighted by atomic mass is 9.97. The van der Waals surface area contributed by atoms with Crippen molar-refractivity contribution in [3.05, 3.63) is 29.8 Å². The highest BCUT2D eigenvalue weighted by Gasteiger charge is 2.24. The van der Waals surface area contributed by atoms with Gasteiger partial charge in [-0.1, -0.05) is 12.1 Å². The lowest BCUT2D eigenvalue weighted by Gasteiger charge is -2.15. The lowest BCUT2D eigenvalue weighted by molar-refractivity contribution is -0.133. The first-order valence-electron chi connectivity index (χ1n) is 5.96. The molecule has 1 aromatic rings. The van der Waals surface area contributed by atoms with Crippen molar-refractivity contribution in [3.8, 4) is 0 Å². The van der Waals surface area contributed by atoms with Crippen LogP contribution in [0, 0.1) is 0 Å². The summed E-state index contributed by atoms with van der Waals surface area (Å²) in [5, 5.41) is 10.4. The zero-order valence-electron chi connectivity index (χ0n) is 10.3. The van der Waals surface area contributed by atoms with Gasteiger partial charge in [0.25, 0.3) is 0 Å².